The van der Waals surface area contributed by atoms with Crippen molar-refractivity contribution in [2.24, 2.45) is 11.7 Å². The van der Waals surface area contributed by atoms with Crippen LogP contribution in [0.25, 0.3) is 0 Å². The molecule has 0 radical (unpaired) electrons. The Labute approximate surface area is 168 Å². The first-order chi connectivity index (χ1) is 13.3. The number of carboxylic acid groups (broad SMARTS) is 2. The number of hydrogen-bond acceptors (Lipinski definition) is 7. The molecule has 0 heterocycles. The molecule has 0 spiro atoms. The quantitative estimate of drug-likeness (QED) is 0.183. The number of carbonyl (C=O) groups excluding carboxylic acids is 3. The molecular weight excluding hydrogens is 388 g/mol. The Hall–Kier alpha value is -2.73. The van der Waals surface area contributed by atoms with E-state index in [2.05, 4.69) is 10.6 Å². The minimum absolute atomic E-state index is 0.365. The van der Waals surface area contributed by atoms with E-state index in [1.165, 1.54) is 6.92 Å². The van der Waals surface area contributed by atoms with Crippen molar-refractivity contribution in [2.45, 2.75) is 70.8 Å². The molecule has 0 aromatic carbocycles. The first-order valence-electron chi connectivity index (χ1n) is 9.11. The Morgan fingerprint density at radius 3 is 1.76 bits per heavy atom. The SMILES string of the molecule is CCC(C)C(NC(=O)C(C)N)C(=O)NC(CC(=O)O)C(=O)NC(C(=O)O)C(C)O. The van der Waals surface area contributed by atoms with Crippen molar-refractivity contribution in [3.63, 3.8) is 0 Å². The monoisotopic (exact) mass is 418 g/mol. The van der Waals surface area contributed by atoms with Gasteiger partial charge >= 0.3 is 11.9 Å². The molecule has 0 aromatic heterocycles. The third-order valence-electron chi connectivity index (χ3n) is 4.26. The van der Waals surface area contributed by atoms with E-state index < -0.39 is 66.4 Å². The van der Waals surface area contributed by atoms with Gasteiger partial charge in [0.1, 0.15) is 12.1 Å². The Morgan fingerprint density at radius 2 is 1.38 bits per heavy atom. The normalized spacial score (nSPS) is 17.0. The summed E-state index contributed by atoms with van der Waals surface area (Å²) in [5.74, 6) is -5.85. The van der Waals surface area contributed by atoms with Crippen LogP contribution in [0.4, 0.5) is 0 Å². The van der Waals surface area contributed by atoms with Crippen LogP contribution in [-0.2, 0) is 24.0 Å². The molecular formula is C17H30N4O8. The van der Waals surface area contributed by atoms with Crippen LogP contribution in [0.5, 0.6) is 0 Å². The molecule has 6 unspecified atom stereocenters. The molecule has 166 valence electrons. The minimum atomic E-state index is -1.70. The Kier molecular flexibility index (Phi) is 10.8. The van der Waals surface area contributed by atoms with E-state index in [-0.39, 0.29) is 5.92 Å². The van der Waals surface area contributed by atoms with Crippen LogP contribution in [0.15, 0.2) is 0 Å². The van der Waals surface area contributed by atoms with Crippen molar-refractivity contribution >= 4 is 29.7 Å². The fourth-order valence-electron chi connectivity index (χ4n) is 2.27. The molecule has 3 amide bonds. The summed E-state index contributed by atoms with van der Waals surface area (Å²) in [7, 11) is 0. The molecule has 0 fully saturated rings. The van der Waals surface area contributed by atoms with Crippen LogP contribution in [0, 0.1) is 5.92 Å². The molecule has 12 nitrogen and oxygen atoms in total. The molecule has 0 aromatic rings. The molecule has 12 heteroatoms. The van der Waals surface area contributed by atoms with Gasteiger partial charge < -0.3 is 37.0 Å². The first kappa shape index (κ1) is 26.3. The van der Waals surface area contributed by atoms with Gasteiger partial charge in [-0.25, -0.2) is 4.79 Å². The molecule has 0 rings (SSSR count). The van der Waals surface area contributed by atoms with E-state index in [1.807, 2.05) is 5.32 Å². The molecule has 6 atom stereocenters. The number of hydrogen-bond donors (Lipinski definition) is 7. The van der Waals surface area contributed by atoms with Crippen molar-refractivity contribution in [2.75, 3.05) is 0 Å². The fraction of sp³-hybridized carbons (Fsp3) is 0.706. The first-order valence-corrected chi connectivity index (χ1v) is 9.11. The second-order valence-corrected chi connectivity index (χ2v) is 6.88. The average Bonchev–Trinajstić information content (AvgIpc) is 2.61. The zero-order chi connectivity index (χ0) is 22.9. The molecule has 0 bridgehead atoms. The lowest BCUT2D eigenvalue weighted by Crippen LogP contribution is -2.59. The summed E-state index contributed by atoms with van der Waals surface area (Å²) in [6.45, 7) is 5.99. The van der Waals surface area contributed by atoms with Crippen LogP contribution < -0.4 is 21.7 Å². The predicted molar refractivity (Wildman–Crippen MR) is 100 cm³/mol. The van der Waals surface area contributed by atoms with Gasteiger partial charge in [0.05, 0.1) is 18.6 Å². The zero-order valence-electron chi connectivity index (χ0n) is 16.8. The minimum Gasteiger partial charge on any atom is -0.481 e. The van der Waals surface area contributed by atoms with E-state index in [0.717, 1.165) is 6.92 Å². The summed E-state index contributed by atoms with van der Waals surface area (Å²) in [6, 6.07) is -5.30. The highest BCUT2D eigenvalue weighted by molar-refractivity contribution is 5.95. The smallest absolute Gasteiger partial charge is 0.328 e. The topological polar surface area (TPSA) is 208 Å². The summed E-state index contributed by atoms with van der Waals surface area (Å²) in [5.41, 5.74) is 5.49. The number of amides is 3. The van der Waals surface area contributed by atoms with Crippen LogP contribution in [0.2, 0.25) is 0 Å². The lowest BCUT2D eigenvalue weighted by Gasteiger charge is -2.27. The predicted octanol–water partition coefficient (Wildman–Crippen LogP) is -2.23. The number of aliphatic hydroxyl groups excluding tert-OH is 1. The Bertz CT molecular complexity index is 623. The van der Waals surface area contributed by atoms with Gasteiger partial charge in [-0.15, -0.1) is 0 Å². The van der Waals surface area contributed by atoms with Gasteiger partial charge in [0.2, 0.25) is 17.7 Å². The average molecular weight is 418 g/mol. The number of nitrogens with two attached hydrogens (primary N) is 1. The van der Waals surface area contributed by atoms with E-state index >= 15 is 0 Å². The van der Waals surface area contributed by atoms with Crippen molar-refractivity contribution in [3.8, 4) is 0 Å². The van der Waals surface area contributed by atoms with E-state index in [1.54, 1.807) is 13.8 Å². The highest BCUT2D eigenvalue weighted by atomic mass is 16.4. The molecule has 0 aliphatic rings. The van der Waals surface area contributed by atoms with Gasteiger partial charge in [0, 0.05) is 0 Å². The lowest BCUT2D eigenvalue weighted by atomic mass is 9.97. The van der Waals surface area contributed by atoms with Crippen molar-refractivity contribution in [1.29, 1.82) is 0 Å². The zero-order valence-corrected chi connectivity index (χ0v) is 16.8. The van der Waals surface area contributed by atoms with E-state index in [9.17, 15) is 29.1 Å². The van der Waals surface area contributed by atoms with Gasteiger partial charge in [0.15, 0.2) is 6.04 Å². The van der Waals surface area contributed by atoms with Crippen molar-refractivity contribution in [1.82, 2.24) is 16.0 Å². The third-order valence-corrected chi connectivity index (χ3v) is 4.26. The maximum absolute atomic E-state index is 12.6. The summed E-state index contributed by atoms with van der Waals surface area (Å²) >= 11 is 0. The molecule has 29 heavy (non-hydrogen) atoms. The number of aliphatic carboxylic acids is 2. The van der Waals surface area contributed by atoms with Gasteiger partial charge in [-0.05, 0) is 19.8 Å². The summed E-state index contributed by atoms with van der Waals surface area (Å²) in [5, 5.41) is 34.2. The highest BCUT2D eigenvalue weighted by Gasteiger charge is 2.34. The standard InChI is InChI=1S/C17H30N4O8/c1-5-7(2)12(20-14(25)8(3)18)16(27)19-10(6-11(23)24)15(26)21-13(9(4)22)17(28)29/h7-10,12-13,22H,5-6,18H2,1-4H3,(H,19,27)(H,20,25)(H,21,26)(H,23,24)(H,28,29). The highest BCUT2D eigenvalue weighted by Crippen LogP contribution is 2.09. The van der Waals surface area contributed by atoms with Crippen molar-refractivity contribution < 1.29 is 39.3 Å². The summed E-state index contributed by atoms with van der Waals surface area (Å²) in [6.07, 6.45) is -1.81. The second-order valence-electron chi connectivity index (χ2n) is 6.88. The third kappa shape index (κ3) is 8.87. The number of aliphatic hydroxyl groups is 1. The summed E-state index contributed by atoms with van der Waals surface area (Å²) in [4.78, 5) is 59.1. The number of carbonyl (C=O) groups is 5. The molecule has 0 saturated heterocycles. The van der Waals surface area contributed by atoms with Crippen molar-refractivity contribution in [3.05, 3.63) is 0 Å². The number of carboxylic acids is 2. The lowest BCUT2D eigenvalue weighted by molar-refractivity contribution is -0.146. The molecule has 0 aliphatic carbocycles. The Morgan fingerprint density at radius 1 is 0.862 bits per heavy atom. The van der Waals surface area contributed by atoms with Gasteiger partial charge in [-0.1, -0.05) is 20.3 Å². The van der Waals surface area contributed by atoms with Crippen LogP contribution in [0.1, 0.15) is 40.5 Å². The molecule has 0 saturated carbocycles. The maximum atomic E-state index is 12.6. The van der Waals surface area contributed by atoms with Gasteiger partial charge in [-0.2, -0.15) is 0 Å². The van der Waals surface area contributed by atoms with E-state index in [4.69, 9.17) is 15.9 Å². The molecule has 8 N–H and O–H groups in total. The number of rotatable bonds is 12. The van der Waals surface area contributed by atoms with Gasteiger partial charge in [0.25, 0.3) is 0 Å². The van der Waals surface area contributed by atoms with Gasteiger partial charge in [-0.3, -0.25) is 19.2 Å². The number of nitrogens with one attached hydrogen (secondary N) is 3. The maximum Gasteiger partial charge on any atom is 0.328 e. The van der Waals surface area contributed by atoms with Crippen LogP contribution in [-0.4, -0.2) is 75.3 Å². The summed E-state index contributed by atoms with van der Waals surface area (Å²) < 4.78 is 0. The second kappa shape index (κ2) is 12.0. The van der Waals surface area contributed by atoms with Crippen LogP contribution in [0.3, 0.4) is 0 Å². The van der Waals surface area contributed by atoms with Crippen LogP contribution >= 0.6 is 0 Å². The van der Waals surface area contributed by atoms with E-state index in [0.29, 0.717) is 6.42 Å². The largest absolute Gasteiger partial charge is 0.481 e. The Balaban J connectivity index is 5.51. The molecule has 0 aliphatic heterocycles. The fourth-order valence-corrected chi connectivity index (χ4v) is 2.27.